The van der Waals surface area contributed by atoms with Crippen molar-refractivity contribution in [3.05, 3.63) is 36.0 Å². The Bertz CT molecular complexity index is 509. The topological polar surface area (TPSA) is 48.1 Å². The Kier molecular flexibility index (Phi) is 3.59. The van der Waals surface area contributed by atoms with Crippen LogP contribution in [0.5, 0.6) is 5.75 Å². The Labute approximate surface area is 102 Å². The number of benzene rings is 1. The highest BCUT2D eigenvalue weighted by Gasteiger charge is 2.06. The third kappa shape index (κ3) is 2.74. The maximum atomic E-state index is 5.83. The van der Waals surface area contributed by atoms with Crippen LogP contribution < -0.4 is 10.5 Å². The molecule has 2 aromatic rings. The van der Waals surface area contributed by atoms with Crippen LogP contribution in [0.2, 0.25) is 0 Å². The molecule has 90 valence electrons. The van der Waals surface area contributed by atoms with Gasteiger partial charge in [0.1, 0.15) is 5.75 Å². The van der Waals surface area contributed by atoms with Crippen LogP contribution in [-0.2, 0) is 6.54 Å². The van der Waals surface area contributed by atoms with Crippen LogP contribution in [0.4, 0.5) is 0 Å². The first-order valence-corrected chi connectivity index (χ1v) is 5.92. The number of pyridine rings is 1. The maximum Gasteiger partial charge on any atom is 0.130 e. The lowest BCUT2D eigenvalue weighted by atomic mass is 10.1. The SMILES string of the molecule is CC(C)COc1cc(CN)nc2ccccc12. The Hall–Kier alpha value is -1.61. The van der Waals surface area contributed by atoms with Crippen molar-refractivity contribution in [1.29, 1.82) is 0 Å². The van der Waals surface area contributed by atoms with E-state index in [1.807, 2.05) is 30.3 Å². The number of ether oxygens (including phenoxy) is 1. The van der Waals surface area contributed by atoms with Gasteiger partial charge in [0, 0.05) is 18.0 Å². The summed E-state index contributed by atoms with van der Waals surface area (Å²) in [5.41, 5.74) is 7.45. The summed E-state index contributed by atoms with van der Waals surface area (Å²) >= 11 is 0. The van der Waals surface area contributed by atoms with Crippen molar-refractivity contribution in [1.82, 2.24) is 4.98 Å². The molecule has 0 aliphatic heterocycles. The van der Waals surface area contributed by atoms with E-state index in [1.165, 1.54) is 0 Å². The molecule has 1 aromatic heterocycles. The van der Waals surface area contributed by atoms with Crippen LogP contribution in [0, 0.1) is 5.92 Å². The molecule has 0 atom stereocenters. The Balaban J connectivity index is 2.43. The number of hydrogen-bond acceptors (Lipinski definition) is 3. The molecule has 0 saturated carbocycles. The van der Waals surface area contributed by atoms with Crippen molar-refractivity contribution in [2.45, 2.75) is 20.4 Å². The molecule has 0 spiro atoms. The molecule has 0 bridgehead atoms. The average molecular weight is 230 g/mol. The van der Waals surface area contributed by atoms with Crippen LogP contribution in [0.1, 0.15) is 19.5 Å². The lowest BCUT2D eigenvalue weighted by Gasteiger charge is -2.12. The van der Waals surface area contributed by atoms with Gasteiger partial charge in [0.15, 0.2) is 0 Å². The molecule has 0 amide bonds. The van der Waals surface area contributed by atoms with Gasteiger partial charge < -0.3 is 10.5 Å². The monoisotopic (exact) mass is 230 g/mol. The molecule has 3 nitrogen and oxygen atoms in total. The van der Waals surface area contributed by atoms with Crippen LogP contribution in [0.3, 0.4) is 0 Å². The summed E-state index contributed by atoms with van der Waals surface area (Å²) in [6.45, 7) is 5.40. The fourth-order valence-corrected chi connectivity index (χ4v) is 1.68. The molecule has 0 fully saturated rings. The first-order chi connectivity index (χ1) is 8.20. The number of nitrogens with zero attached hydrogens (tertiary/aromatic N) is 1. The third-order valence-corrected chi connectivity index (χ3v) is 2.51. The summed E-state index contributed by atoms with van der Waals surface area (Å²) in [5.74, 6) is 1.38. The summed E-state index contributed by atoms with van der Waals surface area (Å²) < 4.78 is 5.83. The Morgan fingerprint density at radius 1 is 1.29 bits per heavy atom. The molecular weight excluding hydrogens is 212 g/mol. The molecule has 0 aliphatic rings. The summed E-state index contributed by atoms with van der Waals surface area (Å²) in [7, 11) is 0. The first kappa shape index (κ1) is 11.9. The number of para-hydroxylation sites is 1. The van der Waals surface area contributed by atoms with Gasteiger partial charge in [0.25, 0.3) is 0 Å². The van der Waals surface area contributed by atoms with Gasteiger partial charge in [-0.1, -0.05) is 26.0 Å². The minimum atomic E-state index is 0.433. The van der Waals surface area contributed by atoms with Gasteiger partial charge in [-0.15, -0.1) is 0 Å². The number of hydrogen-bond donors (Lipinski definition) is 1. The maximum absolute atomic E-state index is 5.83. The van der Waals surface area contributed by atoms with Crippen LogP contribution in [0.15, 0.2) is 30.3 Å². The van der Waals surface area contributed by atoms with Gasteiger partial charge in [-0.25, -0.2) is 0 Å². The summed E-state index contributed by atoms with van der Waals surface area (Å²) in [6, 6.07) is 9.91. The van der Waals surface area contributed by atoms with Crippen LogP contribution in [-0.4, -0.2) is 11.6 Å². The highest BCUT2D eigenvalue weighted by Crippen LogP contribution is 2.25. The largest absolute Gasteiger partial charge is 0.493 e. The molecule has 1 heterocycles. The fraction of sp³-hybridized carbons (Fsp3) is 0.357. The standard InChI is InChI=1S/C14H18N2O/c1-10(2)9-17-14-7-11(8-15)16-13-6-4-3-5-12(13)14/h3-7,10H,8-9,15H2,1-2H3. The van der Waals surface area contributed by atoms with Crippen molar-refractivity contribution in [2.75, 3.05) is 6.61 Å². The first-order valence-electron chi connectivity index (χ1n) is 5.92. The lowest BCUT2D eigenvalue weighted by Crippen LogP contribution is -2.07. The average Bonchev–Trinajstić information content (AvgIpc) is 2.35. The van der Waals surface area contributed by atoms with Gasteiger partial charge in [0.2, 0.25) is 0 Å². The molecular formula is C14H18N2O. The minimum Gasteiger partial charge on any atom is -0.493 e. The summed E-state index contributed by atoms with van der Waals surface area (Å²) in [6.07, 6.45) is 0. The van der Waals surface area contributed by atoms with Crippen molar-refractivity contribution in [2.24, 2.45) is 11.7 Å². The van der Waals surface area contributed by atoms with E-state index in [-0.39, 0.29) is 0 Å². The summed E-state index contributed by atoms with van der Waals surface area (Å²) in [4.78, 5) is 4.48. The van der Waals surface area contributed by atoms with E-state index in [0.29, 0.717) is 19.1 Å². The van der Waals surface area contributed by atoms with Gasteiger partial charge in [-0.3, -0.25) is 4.98 Å². The van der Waals surface area contributed by atoms with Crippen molar-refractivity contribution >= 4 is 10.9 Å². The number of fused-ring (bicyclic) bond motifs is 1. The zero-order valence-corrected chi connectivity index (χ0v) is 10.3. The lowest BCUT2D eigenvalue weighted by molar-refractivity contribution is 0.273. The van der Waals surface area contributed by atoms with Crippen LogP contribution >= 0.6 is 0 Å². The Morgan fingerprint density at radius 2 is 2.06 bits per heavy atom. The zero-order chi connectivity index (χ0) is 12.3. The smallest absolute Gasteiger partial charge is 0.130 e. The van der Waals surface area contributed by atoms with Crippen molar-refractivity contribution in [3.8, 4) is 5.75 Å². The third-order valence-electron chi connectivity index (χ3n) is 2.51. The minimum absolute atomic E-state index is 0.433. The molecule has 0 unspecified atom stereocenters. The van der Waals surface area contributed by atoms with Gasteiger partial charge in [-0.2, -0.15) is 0 Å². The van der Waals surface area contributed by atoms with Crippen molar-refractivity contribution < 1.29 is 4.74 Å². The zero-order valence-electron chi connectivity index (χ0n) is 10.3. The second-order valence-corrected chi connectivity index (χ2v) is 4.54. The fourth-order valence-electron chi connectivity index (χ4n) is 1.68. The van der Waals surface area contributed by atoms with Gasteiger partial charge in [-0.05, 0) is 18.1 Å². The normalized spacial score (nSPS) is 11.1. The molecule has 1 aromatic carbocycles. The van der Waals surface area contributed by atoms with E-state index in [2.05, 4.69) is 18.8 Å². The highest BCUT2D eigenvalue weighted by atomic mass is 16.5. The molecule has 2 N–H and O–H groups in total. The van der Waals surface area contributed by atoms with E-state index in [9.17, 15) is 0 Å². The predicted molar refractivity (Wildman–Crippen MR) is 70.0 cm³/mol. The predicted octanol–water partition coefficient (Wildman–Crippen LogP) is 2.73. The molecule has 3 heteroatoms. The van der Waals surface area contributed by atoms with E-state index in [4.69, 9.17) is 10.5 Å². The molecule has 0 saturated heterocycles. The van der Waals surface area contributed by atoms with E-state index in [1.54, 1.807) is 0 Å². The molecule has 0 radical (unpaired) electrons. The van der Waals surface area contributed by atoms with Gasteiger partial charge >= 0.3 is 0 Å². The highest BCUT2D eigenvalue weighted by molar-refractivity contribution is 5.85. The quantitative estimate of drug-likeness (QED) is 0.878. The van der Waals surface area contributed by atoms with E-state index < -0.39 is 0 Å². The summed E-state index contributed by atoms with van der Waals surface area (Å²) in [5, 5.41) is 1.05. The molecule has 0 aliphatic carbocycles. The second kappa shape index (κ2) is 5.15. The van der Waals surface area contributed by atoms with Crippen molar-refractivity contribution in [3.63, 3.8) is 0 Å². The number of aromatic nitrogens is 1. The van der Waals surface area contributed by atoms with Gasteiger partial charge in [0.05, 0.1) is 17.8 Å². The van der Waals surface area contributed by atoms with E-state index >= 15 is 0 Å². The second-order valence-electron chi connectivity index (χ2n) is 4.54. The van der Waals surface area contributed by atoms with Crippen LogP contribution in [0.25, 0.3) is 10.9 Å². The molecule has 17 heavy (non-hydrogen) atoms. The molecule has 2 rings (SSSR count). The number of nitrogens with two attached hydrogens (primary N) is 1. The van der Waals surface area contributed by atoms with E-state index in [0.717, 1.165) is 22.3 Å². The number of rotatable bonds is 4. The Morgan fingerprint density at radius 3 is 2.76 bits per heavy atom.